The third kappa shape index (κ3) is 5.60. The van der Waals surface area contributed by atoms with E-state index in [0.717, 1.165) is 21.0 Å². The predicted octanol–water partition coefficient (Wildman–Crippen LogP) is 4.67. The largest absolute Gasteiger partial charge is 0.348 e. The summed E-state index contributed by atoms with van der Waals surface area (Å²) >= 11 is 0. The number of non-ortho nitro benzene ring substituents is 1. The molecule has 3 rings (SSSR count). The molecule has 178 valence electrons. The van der Waals surface area contributed by atoms with Crippen molar-refractivity contribution in [1.82, 2.24) is 5.32 Å². The molecule has 0 spiro atoms. The molecule has 3 aromatic carbocycles. The average Bonchev–Trinajstić information content (AvgIpc) is 2.83. The fourth-order valence-electron chi connectivity index (χ4n) is 3.55. The first-order valence-electron chi connectivity index (χ1n) is 10.8. The maximum atomic E-state index is 13.4. The monoisotopic (exact) mass is 481 g/mol. The van der Waals surface area contributed by atoms with E-state index < -0.39 is 27.4 Å². The van der Waals surface area contributed by atoms with Crippen LogP contribution in [-0.2, 0) is 14.8 Å². The number of carbonyl (C=O) groups is 1. The SMILES string of the molecule is CCC(NC(=O)CN(c1ccc([N+](=O)[O-])cc1)S(=O)(=O)c1ccccc1)c1ccc(C)c(C)c1. The fraction of sp³-hybridized carbons (Fsp3) is 0.240. The molecule has 0 aromatic heterocycles. The number of nitro benzene ring substituents is 1. The molecule has 0 saturated heterocycles. The van der Waals surface area contributed by atoms with Crippen LogP contribution in [0.1, 0.15) is 36.1 Å². The van der Waals surface area contributed by atoms with Crippen LogP contribution in [0.25, 0.3) is 0 Å². The Morgan fingerprint density at radius 1 is 1.00 bits per heavy atom. The number of nitrogens with one attached hydrogen (secondary N) is 1. The Morgan fingerprint density at radius 3 is 2.21 bits per heavy atom. The molecule has 0 aliphatic heterocycles. The summed E-state index contributed by atoms with van der Waals surface area (Å²) in [5.41, 5.74) is 3.16. The van der Waals surface area contributed by atoms with Crippen molar-refractivity contribution < 1.29 is 18.1 Å². The highest BCUT2D eigenvalue weighted by Crippen LogP contribution is 2.26. The number of rotatable bonds is 9. The predicted molar refractivity (Wildman–Crippen MR) is 131 cm³/mol. The maximum absolute atomic E-state index is 13.4. The summed E-state index contributed by atoms with van der Waals surface area (Å²) < 4.78 is 27.8. The summed E-state index contributed by atoms with van der Waals surface area (Å²) in [4.78, 5) is 23.5. The fourth-order valence-corrected chi connectivity index (χ4v) is 4.99. The lowest BCUT2D eigenvalue weighted by Gasteiger charge is -2.26. The molecule has 0 aliphatic carbocycles. The smallest absolute Gasteiger partial charge is 0.269 e. The number of nitrogens with zero attached hydrogens (tertiary/aromatic N) is 2. The molecule has 0 heterocycles. The molecule has 0 bridgehead atoms. The van der Waals surface area contributed by atoms with Gasteiger partial charge in [0.15, 0.2) is 0 Å². The molecule has 3 aromatic rings. The van der Waals surface area contributed by atoms with Crippen LogP contribution in [0.5, 0.6) is 0 Å². The van der Waals surface area contributed by atoms with E-state index in [1.807, 2.05) is 39.0 Å². The zero-order valence-electron chi connectivity index (χ0n) is 19.3. The Balaban J connectivity index is 1.92. The minimum atomic E-state index is -4.10. The van der Waals surface area contributed by atoms with Gasteiger partial charge < -0.3 is 5.32 Å². The lowest BCUT2D eigenvalue weighted by atomic mass is 9.99. The third-order valence-electron chi connectivity index (χ3n) is 5.64. The number of aryl methyl sites for hydroxylation is 2. The number of carbonyl (C=O) groups excluding carboxylic acids is 1. The molecule has 1 N–H and O–H groups in total. The number of hydrogen-bond acceptors (Lipinski definition) is 5. The van der Waals surface area contributed by atoms with Crippen molar-refractivity contribution in [3.63, 3.8) is 0 Å². The van der Waals surface area contributed by atoms with Gasteiger partial charge in [-0.1, -0.05) is 43.3 Å². The molecule has 1 unspecified atom stereocenters. The number of sulfonamides is 1. The van der Waals surface area contributed by atoms with E-state index in [1.54, 1.807) is 18.2 Å². The highest BCUT2D eigenvalue weighted by molar-refractivity contribution is 7.92. The van der Waals surface area contributed by atoms with Gasteiger partial charge >= 0.3 is 0 Å². The first kappa shape index (κ1) is 24.9. The van der Waals surface area contributed by atoms with Crippen molar-refractivity contribution in [3.05, 3.63) is 99.6 Å². The standard InChI is InChI=1S/C25H27N3O5S/c1-4-24(20-11-10-18(2)19(3)16-20)26-25(29)17-27(21-12-14-22(15-13-21)28(30)31)34(32,33)23-8-6-5-7-9-23/h5-16,24H,4,17H2,1-3H3,(H,26,29). The Labute approximate surface area is 199 Å². The molecular weight excluding hydrogens is 454 g/mol. The van der Waals surface area contributed by atoms with Gasteiger partial charge in [0.2, 0.25) is 5.91 Å². The van der Waals surface area contributed by atoms with Gasteiger partial charge in [0, 0.05) is 12.1 Å². The van der Waals surface area contributed by atoms with Crippen LogP contribution < -0.4 is 9.62 Å². The third-order valence-corrected chi connectivity index (χ3v) is 7.43. The van der Waals surface area contributed by atoms with Crippen LogP contribution in [0.2, 0.25) is 0 Å². The number of anilines is 1. The van der Waals surface area contributed by atoms with E-state index in [0.29, 0.717) is 6.42 Å². The normalized spacial score (nSPS) is 12.1. The van der Waals surface area contributed by atoms with Gasteiger partial charge in [0.05, 0.1) is 21.5 Å². The highest BCUT2D eigenvalue weighted by Gasteiger charge is 2.28. The van der Waals surface area contributed by atoms with Crippen molar-refractivity contribution in [3.8, 4) is 0 Å². The second-order valence-electron chi connectivity index (χ2n) is 7.97. The van der Waals surface area contributed by atoms with E-state index in [1.165, 1.54) is 36.4 Å². The van der Waals surface area contributed by atoms with Gasteiger partial charge in [-0.15, -0.1) is 0 Å². The first-order valence-corrected chi connectivity index (χ1v) is 12.3. The summed E-state index contributed by atoms with van der Waals surface area (Å²) in [7, 11) is -4.10. The average molecular weight is 482 g/mol. The van der Waals surface area contributed by atoms with Crippen LogP contribution in [0.3, 0.4) is 0 Å². The second-order valence-corrected chi connectivity index (χ2v) is 9.83. The van der Waals surface area contributed by atoms with Gasteiger partial charge in [-0.2, -0.15) is 0 Å². The Hall–Kier alpha value is -3.72. The molecule has 1 amide bonds. The van der Waals surface area contributed by atoms with Crippen LogP contribution in [0.15, 0.2) is 77.7 Å². The molecule has 0 aliphatic rings. The maximum Gasteiger partial charge on any atom is 0.269 e. The minimum Gasteiger partial charge on any atom is -0.348 e. The molecule has 0 fully saturated rings. The van der Waals surface area contributed by atoms with E-state index in [2.05, 4.69) is 5.32 Å². The molecule has 0 saturated carbocycles. The van der Waals surface area contributed by atoms with Crippen molar-refractivity contribution in [2.75, 3.05) is 10.8 Å². The Morgan fingerprint density at radius 2 is 1.65 bits per heavy atom. The molecule has 1 atom stereocenters. The van der Waals surface area contributed by atoms with Crippen LogP contribution in [-0.4, -0.2) is 25.8 Å². The van der Waals surface area contributed by atoms with Crippen LogP contribution >= 0.6 is 0 Å². The summed E-state index contributed by atoms with van der Waals surface area (Å²) in [5.74, 6) is -0.483. The van der Waals surface area contributed by atoms with Crippen molar-refractivity contribution in [1.29, 1.82) is 0 Å². The summed E-state index contributed by atoms with van der Waals surface area (Å²) in [6.45, 7) is 5.47. The first-order chi connectivity index (χ1) is 16.1. The molecule has 34 heavy (non-hydrogen) atoms. The number of nitro groups is 1. The zero-order chi connectivity index (χ0) is 24.9. The lowest BCUT2D eigenvalue weighted by Crippen LogP contribution is -2.42. The van der Waals surface area contributed by atoms with Gasteiger partial charge in [-0.3, -0.25) is 19.2 Å². The van der Waals surface area contributed by atoms with E-state index in [-0.39, 0.29) is 22.3 Å². The summed E-state index contributed by atoms with van der Waals surface area (Å²) in [5, 5.41) is 14.0. The lowest BCUT2D eigenvalue weighted by molar-refractivity contribution is -0.384. The van der Waals surface area contributed by atoms with Crippen molar-refractivity contribution in [2.24, 2.45) is 0 Å². The van der Waals surface area contributed by atoms with Crippen LogP contribution in [0, 0.1) is 24.0 Å². The highest BCUT2D eigenvalue weighted by atomic mass is 32.2. The second kappa shape index (κ2) is 10.5. The van der Waals surface area contributed by atoms with Crippen LogP contribution in [0.4, 0.5) is 11.4 Å². The Bertz CT molecular complexity index is 1280. The molecule has 0 radical (unpaired) electrons. The van der Waals surface area contributed by atoms with Crippen molar-refractivity contribution in [2.45, 2.75) is 38.1 Å². The quantitative estimate of drug-likeness (QED) is 0.353. The molecule has 8 nitrogen and oxygen atoms in total. The topological polar surface area (TPSA) is 110 Å². The van der Waals surface area contributed by atoms with Gasteiger partial charge in [0.1, 0.15) is 6.54 Å². The number of amides is 1. The van der Waals surface area contributed by atoms with Gasteiger partial charge in [-0.05, 0) is 61.2 Å². The Kier molecular flexibility index (Phi) is 7.68. The summed E-state index contributed by atoms with van der Waals surface area (Å²) in [6, 6.07) is 18.5. The van der Waals surface area contributed by atoms with Gasteiger partial charge in [0.25, 0.3) is 15.7 Å². The number of benzene rings is 3. The molecular formula is C25H27N3O5S. The van der Waals surface area contributed by atoms with Gasteiger partial charge in [-0.25, -0.2) is 8.42 Å². The molecule has 9 heteroatoms. The zero-order valence-corrected chi connectivity index (χ0v) is 20.1. The minimum absolute atomic E-state index is 0.0161. The van der Waals surface area contributed by atoms with E-state index in [9.17, 15) is 23.3 Å². The van der Waals surface area contributed by atoms with Crippen molar-refractivity contribution >= 4 is 27.3 Å². The summed E-state index contributed by atoms with van der Waals surface area (Å²) in [6.07, 6.45) is 0.622. The van der Waals surface area contributed by atoms with E-state index >= 15 is 0 Å². The van der Waals surface area contributed by atoms with E-state index in [4.69, 9.17) is 0 Å². The number of hydrogen-bond donors (Lipinski definition) is 1.